The zero-order valence-corrected chi connectivity index (χ0v) is 24.5. The molecule has 0 spiro atoms. The predicted octanol–water partition coefficient (Wildman–Crippen LogP) is 4.74. The van der Waals surface area contributed by atoms with E-state index < -0.39 is 47.2 Å². The van der Waals surface area contributed by atoms with Crippen LogP contribution in [-0.2, 0) is 39.8 Å². The van der Waals surface area contributed by atoms with Gasteiger partial charge in [0.05, 0.1) is 71.5 Å². The summed E-state index contributed by atoms with van der Waals surface area (Å²) in [6, 6.07) is 7.14. The number of allylic oxidation sites excluding steroid dienone is 2. The van der Waals surface area contributed by atoms with Crippen LogP contribution in [0.15, 0.2) is 36.1 Å². The van der Waals surface area contributed by atoms with Crippen molar-refractivity contribution in [2.75, 3.05) is 58.2 Å². The number of aliphatic hydroxyl groups excluding tert-OH is 1. The smallest absolute Gasteiger partial charge is 0.313 e. The van der Waals surface area contributed by atoms with Crippen molar-refractivity contribution >= 4 is 23.3 Å². The number of hydrogen-bond acceptors (Lipinski definition) is 9. The second-order valence-corrected chi connectivity index (χ2v) is 9.31. The van der Waals surface area contributed by atoms with Crippen LogP contribution in [0.4, 0.5) is 27.6 Å². The van der Waals surface area contributed by atoms with Crippen molar-refractivity contribution in [2.24, 2.45) is 0 Å². The normalized spacial score (nSPS) is 11.5. The molecule has 248 valence electrons. The Morgan fingerprint density at radius 3 is 1.67 bits per heavy atom. The monoisotopic (exact) mass is 647 g/mol. The van der Waals surface area contributed by atoms with Crippen molar-refractivity contribution < 1.29 is 65.1 Å². The van der Waals surface area contributed by atoms with Crippen molar-refractivity contribution in [1.82, 2.24) is 0 Å². The Bertz CT molecular complexity index is 1280. The van der Waals surface area contributed by atoms with Gasteiger partial charge in [0.1, 0.15) is 0 Å². The molecule has 1 amide bonds. The molecule has 0 saturated heterocycles. The van der Waals surface area contributed by atoms with Crippen LogP contribution in [0.5, 0.6) is 5.75 Å². The molecule has 0 unspecified atom stereocenters. The average molecular weight is 648 g/mol. The van der Waals surface area contributed by atoms with Crippen molar-refractivity contribution in [3.8, 4) is 5.75 Å². The van der Waals surface area contributed by atoms with Gasteiger partial charge in [-0.05, 0) is 31.0 Å². The zero-order chi connectivity index (χ0) is 33.2. The summed E-state index contributed by atoms with van der Waals surface area (Å²) < 4.78 is 91.7. The molecule has 2 aromatic carbocycles. The maximum Gasteiger partial charge on any atom is 0.313 e. The van der Waals surface area contributed by atoms with Crippen LogP contribution in [0.1, 0.15) is 31.7 Å². The number of amides is 1. The number of rotatable bonds is 21. The summed E-state index contributed by atoms with van der Waals surface area (Å²) in [7, 11) is 0. The molecular weight excluding hydrogens is 613 g/mol. The van der Waals surface area contributed by atoms with Crippen LogP contribution in [0.3, 0.4) is 0 Å². The molecule has 0 aliphatic carbocycles. The van der Waals surface area contributed by atoms with Gasteiger partial charge in [-0.15, -0.1) is 0 Å². The highest BCUT2D eigenvalue weighted by atomic mass is 19.2. The Balaban J connectivity index is 1.43. The first-order valence-electron chi connectivity index (χ1n) is 13.8. The van der Waals surface area contributed by atoms with Crippen molar-refractivity contribution in [2.45, 2.75) is 32.6 Å². The van der Waals surface area contributed by atoms with Crippen LogP contribution >= 0.6 is 0 Å². The highest BCUT2D eigenvalue weighted by Gasteiger charge is 2.28. The topological polar surface area (TPSA) is 130 Å². The molecule has 0 radical (unpaired) electrons. The van der Waals surface area contributed by atoms with Crippen LogP contribution in [0.25, 0.3) is 0 Å². The lowest BCUT2D eigenvalue weighted by Crippen LogP contribution is -2.17. The van der Waals surface area contributed by atoms with Gasteiger partial charge in [0.2, 0.25) is 40.7 Å². The number of ether oxygens (including phenoxy) is 5. The largest absolute Gasteiger partial charge is 0.512 e. The number of ketones is 1. The molecular formula is C30H34F5NO9. The molecule has 45 heavy (non-hydrogen) atoms. The van der Waals surface area contributed by atoms with Gasteiger partial charge < -0.3 is 34.1 Å². The summed E-state index contributed by atoms with van der Waals surface area (Å²) in [6.07, 6.45) is 1.71. The molecule has 2 rings (SSSR count). The highest BCUT2D eigenvalue weighted by Crippen LogP contribution is 2.29. The number of anilines is 1. The van der Waals surface area contributed by atoms with Crippen LogP contribution in [0.2, 0.25) is 0 Å². The Morgan fingerprint density at radius 2 is 1.16 bits per heavy atom. The minimum Gasteiger partial charge on any atom is -0.512 e. The van der Waals surface area contributed by atoms with E-state index in [4.69, 9.17) is 18.9 Å². The number of halogens is 5. The Hall–Kier alpha value is -3.92. The molecule has 0 bridgehead atoms. The number of nitrogens with one attached hydrogen (secondary N) is 1. The van der Waals surface area contributed by atoms with E-state index in [0.29, 0.717) is 18.5 Å². The summed E-state index contributed by atoms with van der Waals surface area (Å²) in [5.41, 5.74) is 1.56. The van der Waals surface area contributed by atoms with Gasteiger partial charge >= 0.3 is 5.97 Å². The minimum absolute atomic E-state index is 0.0217. The fourth-order valence-corrected chi connectivity index (χ4v) is 3.48. The van der Waals surface area contributed by atoms with Gasteiger partial charge in [-0.1, -0.05) is 12.1 Å². The number of aliphatic hydroxyl groups is 1. The predicted molar refractivity (Wildman–Crippen MR) is 149 cm³/mol. The minimum atomic E-state index is -2.36. The summed E-state index contributed by atoms with van der Waals surface area (Å²) in [4.78, 5) is 34.7. The van der Waals surface area contributed by atoms with E-state index in [9.17, 15) is 41.4 Å². The third-order valence-corrected chi connectivity index (χ3v) is 5.70. The van der Waals surface area contributed by atoms with Crippen LogP contribution in [0, 0.1) is 29.1 Å². The molecule has 2 N–H and O–H groups in total. The van der Waals surface area contributed by atoms with Gasteiger partial charge in [-0.2, -0.15) is 8.78 Å². The van der Waals surface area contributed by atoms with Crippen molar-refractivity contribution in [1.29, 1.82) is 0 Å². The quantitative estimate of drug-likeness (QED) is 0.0289. The third-order valence-electron chi connectivity index (χ3n) is 5.70. The Kier molecular flexibility index (Phi) is 16.7. The molecule has 10 nitrogen and oxygen atoms in total. The Labute approximate surface area is 256 Å². The first-order chi connectivity index (χ1) is 21.5. The van der Waals surface area contributed by atoms with E-state index in [1.807, 2.05) is 12.1 Å². The number of aryl methyl sites for hydroxylation is 1. The number of carbonyl (C=O) groups is 3. The maximum absolute atomic E-state index is 13.5. The standard InChI is InChI=1S/C30H34F5NO9/c1-19(37)18-22(38)7-4-20-2-5-21(6-3-20)36-23(39)8-10-41-12-14-43-16-17-44-15-13-42-11-9-24(40)45-30-28(34)26(32)25(31)27(33)29(30)35/h2-3,5-6,18,38H,4,7-17H2,1H3,(H,36,39). The maximum atomic E-state index is 13.5. The van der Waals surface area contributed by atoms with E-state index >= 15 is 0 Å². The number of benzene rings is 2. The zero-order valence-electron chi connectivity index (χ0n) is 24.5. The lowest BCUT2D eigenvalue weighted by molar-refractivity contribution is -0.136. The van der Waals surface area contributed by atoms with Crippen molar-refractivity contribution in [3.05, 3.63) is 70.8 Å². The van der Waals surface area contributed by atoms with E-state index in [2.05, 4.69) is 10.1 Å². The molecule has 0 fully saturated rings. The fourth-order valence-electron chi connectivity index (χ4n) is 3.48. The number of carbonyl (C=O) groups excluding carboxylic acids is 3. The summed E-state index contributed by atoms with van der Waals surface area (Å²) >= 11 is 0. The molecule has 15 heteroatoms. The summed E-state index contributed by atoms with van der Waals surface area (Å²) in [5, 5.41) is 12.4. The molecule has 0 atom stereocenters. The first kappa shape index (κ1) is 37.3. The van der Waals surface area contributed by atoms with Crippen LogP contribution < -0.4 is 10.1 Å². The molecule has 0 aromatic heterocycles. The second kappa shape index (κ2) is 20.2. The number of esters is 1. The van der Waals surface area contributed by atoms with Gasteiger partial charge in [-0.25, -0.2) is 13.2 Å². The number of hydrogen-bond donors (Lipinski definition) is 2. The van der Waals surface area contributed by atoms with Crippen molar-refractivity contribution in [3.63, 3.8) is 0 Å². The van der Waals surface area contributed by atoms with E-state index in [0.717, 1.165) is 5.56 Å². The van der Waals surface area contributed by atoms with Gasteiger partial charge in [0.15, 0.2) is 5.78 Å². The SMILES string of the molecule is CC(=O)C=C(O)CCc1ccc(NC(=O)CCOCCOCCOCCOCCC(=O)Oc2c(F)c(F)c(F)c(F)c2F)cc1. The molecule has 0 heterocycles. The molecule has 0 aliphatic rings. The van der Waals surface area contributed by atoms with Gasteiger partial charge in [-0.3, -0.25) is 14.4 Å². The van der Waals surface area contributed by atoms with Gasteiger partial charge in [0, 0.05) is 18.2 Å². The lowest BCUT2D eigenvalue weighted by atomic mass is 10.1. The third kappa shape index (κ3) is 14.2. The van der Waals surface area contributed by atoms with E-state index in [1.54, 1.807) is 12.1 Å². The van der Waals surface area contributed by atoms with E-state index in [-0.39, 0.29) is 76.7 Å². The highest BCUT2D eigenvalue weighted by molar-refractivity contribution is 5.90. The Morgan fingerprint density at radius 1 is 0.689 bits per heavy atom. The molecule has 2 aromatic rings. The molecule has 0 saturated carbocycles. The first-order valence-corrected chi connectivity index (χ1v) is 13.8. The fraction of sp³-hybridized carbons (Fsp3) is 0.433. The average Bonchev–Trinajstić information content (AvgIpc) is 3.00. The van der Waals surface area contributed by atoms with Crippen LogP contribution in [-0.4, -0.2) is 75.6 Å². The van der Waals surface area contributed by atoms with Gasteiger partial charge in [0.25, 0.3) is 0 Å². The second-order valence-electron chi connectivity index (χ2n) is 9.31. The summed E-state index contributed by atoms with van der Waals surface area (Å²) in [6.45, 7) is 2.50. The molecule has 0 aliphatic heterocycles. The summed E-state index contributed by atoms with van der Waals surface area (Å²) in [5.74, 6) is -14.6. The lowest BCUT2D eigenvalue weighted by Gasteiger charge is -2.09. The van der Waals surface area contributed by atoms with E-state index in [1.165, 1.54) is 13.0 Å².